The summed E-state index contributed by atoms with van der Waals surface area (Å²) in [6.45, 7) is 1.25. The third-order valence-electron chi connectivity index (χ3n) is 2.95. The topological polar surface area (TPSA) is 116 Å². The molecule has 9 nitrogen and oxygen atoms in total. The Kier molecular flexibility index (Phi) is 6.97. The minimum atomic E-state index is -0.646. The average Bonchev–Trinajstić information content (AvgIpc) is 2.95. The molecule has 11 heteroatoms. The van der Waals surface area contributed by atoms with Crippen molar-refractivity contribution in [1.82, 2.24) is 5.32 Å². The van der Waals surface area contributed by atoms with Gasteiger partial charge in [0.05, 0.1) is 30.4 Å². The van der Waals surface area contributed by atoms with Crippen molar-refractivity contribution < 1.29 is 28.6 Å². The Hall–Kier alpha value is -2.85. The van der Waals surface area contributed by atoms with E-state index in [1.165, 1.54) is 33.4 Å². The number of nitrogens with zero attached hydrogens (tertiary/aromatic N) is 2. The standard InChI is InChI=1S/C16H14ClN3O6S/c1-8(21)26-14-10(17)4-9(5-11(14)24-2)7-18-20-16-19-15(23)12(27-16)6-13(22)25-3/h4-7H,1-3H3,(H,19,20,23)/b12-6+,18-7?. The van der Waals surface area contributed by atoms with Crippen LogP contribution in [0.3, 0.4) is 0 Å². The first kappa shape index (κ1) is 20.5. The van der Waals surface area contributed by atoms with Gasteiger partial charge in [0, 0.05) is 18.6 Å². The van der Waals surface area contributed by atoms with Gasteiger partial charge in [-0.15, -0.1) is 5.10 Å². The molecule has 0 aliphatic carbocycles. The average molecular weight is 412 g/mol. The molecule has 0 spiro atoms. The number of halogens is 1. The van der Waals surface area contributed by atoms with E-state index in [1.807, 2.05) is 0 Å². The molecule has 27 heavy (non-hydrogen) atoms. The predicted molar refractivity (Wildman–Crippen MR) is 100 cm³/mol. The second-order valence-electron chi connectivity index (χ2n) is 4.87. The van der Waals surface area contributed by atoms with Crippen LogP contribution in [-0.4, -0.2) is 43.4 Å². The smallest absolute Gasteiger partial charge is 0.331 e. The van der Waals surface area contributed by atoms with Gasteiger partial charge in [0.1, 0.15) is 0 Å². The summed E-state index contributed by atoms with van der Waals surface area (Å²) in [6, 6.07) is 3.06. The van der Waals surface area contributed by atoms with Crippen LogP contribution in [0, 0.1) is 0 Å². The maximum atomic E-state index is 11.7. The summed E-state index contributed by atoms with van der Waals surface area (Å²) >= 11 is 7.04. The largest absolute Gasteiger partial charge is 0.493 e. The molecule has 1 aromatic carbocycles. The molecule has 1 heterocycles. The fraction of sp³-hybridized carbons (Fsp3) is 0.188. The Morgan fingerprint density at radius 3 is 2.67 bits per heavy atom. The molecule has 0 saturated carbocycles. The van der Waals surface area contributed by atoms with Gasteiger partial charge in [-0.05, 0) is 23.9 Å². The Morgan fingerprint density at radius 2 is 2.04 bits per heavy atom. The zero-order chi connectivity index (χ0) is 20.0. The third kappa shape index (κ3) is 5.56. The summed E-state index contributed by atoms with van der Waals surface area (Å²) in [5.74, 6) is -1.31. The van der Waals surface area contributed by atoms with Crippen molar-refractivity contribution in [2.24, 2.45) is 10.2 Å². The van der Waals surface area contributed by atoms with Crippen LogP contribution in [0.1, 0.15) is 12.5 Å². The number of amides is 1. The molecular formula is C16H14ClN3O6S. The molecule has 0 atom stereocenters. The van der Waals surface area contributed by atoms with E-state index in [0.717, 1.165) is 17.8 Å². The highest BCUT2D eigenvalue weighted by Gasteiger charge is 2.25. The number of hydrogen-bond acceptors (Lipinski definition) is 9. The Bertz CT molecular complexity index is 881. The second-order valence-corrected chi connectivity index (χ2v) is 6.30. The van der Waals surface area contributed by atoms with Crippen molar-refractivity contribution in [2.75, 3.05) is 14.2 Å². The number of carbonyl (C=O) groups is 3. The molecule has 1 N–H and O–H groups in total. The van der Waals surface area contributed by atoms with Gasteiger partial charge in [-0.25, -0.2) is 4.79 Å². The van der Waals surface area contributed by atoms with Gasteiger partial charge in [0.25, 0.3) is 5.91 Å². The van der Waals surface area contributed by atoms with E-state index >= 15 is 0 Å². The molecule has 1 saturated heterocycles. The normalized spacial score (nSPS) is 16.7. The van der Waals surface area contributed by atoms with Gasteiger partial charge < -0.3 is 14.2 Å². The second kappa shape index (κ2) is 9.19. The van der Waals surface area contributed by atoms with Gasteiger partial charge in [-0.2, -0.15) is 5.10 Å². The highest BCUT2D eigenvalue weighted by atomic mass is 35.5. The number of nitrogens with one attached hydrogen (secondary N) is 1. The fourth-order valence-electron chi connectivity index (χ4n) is 1.85. The first-order chi connectivity index (χ1) is 12.8. The first-order valence-electron chi connectivity index (χ1n) is 7.30. The zero-order valence-electron chi connectivity index (χ0n) is 14.4. The third-order valence-corrected chi connectivity index (χ3v) is 4.13. The zero-order valence-corrected chi connectivity index (χ0v) is 16.0. The van der Waals surface area contributed by atoms with Crippen molar-refractivity contribution in [3.63, 3.8) is 0 Å². The van der Waals surface area contributed by atoms with Crippen molar-refractivity contribution in [2.45, 2.75) is 6.92 Å². The van der Waals surface area contributed by atoms with Crippen molar-refractivity contribution in [3.05, 3.63) is 33.7 Å². The van der Waals surface area contributed by atoms with E-state index in [9.17, 15) is 14.4 Å². The van der Waals surface area contributed by atoms with Crippen LogP contribution in [0.5, 0.6) is 11.5 Å². The number of thioether (sulfide) groups is 1. The van der Waals surface area contributed by atoms with E-state index in [2.05, 4.69) is 20.3 Å². The Balaban J connectivity index is 2.17. The summed E-state index contributed by atoms with van der Waals surface area (Å²) in [5.41, 5.74) is 0.525. The number of rotatable bonds is 5. The van der Waals surface area contributed by atoms with Crippen LogP contribution in [0.15, 0.2) is 33.3 Å². The Morgan fingerprint density at radius 1 is 1.30 bits per heavy atom. The van der Waals surface area contributed by atoms with Crippen LogP contribution in [-0.2, 0) is 19.1 Å². The van der Waals surface area contributed by atoms with Crippen molar-refractivity contribution in [3.8, 4) is 11.5 Å². The number of esters is 2. The summed E-state index contributed by atoms with van der Waals surface area (Å²) in [4.78, 5) is 34.2. The summed E-state index contributed by atoms with van der Waals surface area (Å²) in [5, 5.41) is 10.5. The summed E-state index contributed by atoms with van der Waals surface area (Å²) < 4.78 is 14.6. The van der Waals surface area contributed by atoms with E-state index in [0.29, 0.717) is 5.56 Å². The van der Waals surface area contributed by atoms with E-state index in [4.69, 9.17) is 21.1 Å². The number of amidine groups is 1. The van der Waals surface area contributed by atoms with E-state index in [-0.39, 0.29) is 26.6 Å². The lowest BCUT2D eigenvalue weighted by Gasteiger charge is -2.10. The number of benzene rings is 1. The molecule has 1 fully saturated rings. The van der Waals surface area contributed by atoms with Crippen molar-refractivity contribution >= 4 is 52.6 Å². The van der Waals surface area contributed by atoms with E-state index < -0.39 is 17.8 Å². The van der Waals surface area contributed by atoms with E-state index in [1.54, 1.807) is 6.07 Å². The van der Waals surface area contributed by atoms with Crippen LogP contribution >= 0.6 is 23.4 Å². The van der Waals surface area contributed by atoms with Crippen LogP contribution < -0.4 is 14.8 Å². The summed E-state index contributed by atoms with van der Waals surface area (Å²) in [7, 11) is 2.61. The highest BCUT2D eigenvalue weighted by Crippen LogP contribution is 2.36. The maximum Gasteiger partial charge on any atom is 0.331 e. The van der Waals surface area contributed by atoms with Gasteiger partial charge in [-0.3, -0.25) is 14.9 Å². The highest BCUT2D eigenvalue weighted by molar-refractivity contribution is 8.18. The molecule has 2 rings (SSSR count). The molecule has 1 amide bonds. The lowest BCUT2D eigenvalue weighted by Crippen LogP contribution is -2.19. The monoisotopic (exact) mass is 411 g/mol. The van der Waals surface area contributed by atoms with Crippen LogP contribution in [0.4, 0.5) is 0 Å². The van der Waals surface area contributed by atoms with Gasteiger partial charge in [0.15, 0.2) is 16.7 Å². The summed E-state index contributed by atoms with van der Waals surface area (Å²) in [6.07, 6.45) is 2.43. The van der Waals surface area contributed by atoms with Crippen LogP contribution in [0.25, 0.3) is 0 Å². The molecule has 0 unspecified atom stereocenters. The first-order valence-corrected chi connectivity index (χ1v) is 8.49. The lowest BCUT2D eigenvalue weighted by atomic mass is 10.2. The number of ether oxygens (including phenoxy) is 3. The molecule has 1 aromatic rings. The van der Waals surface area contributed by atoms with Crippen molar-refractivity contribution in [1.29, 1.82) is 0 Å². The predicted octanol–water partition coefficient (Wildman–Crippen LogP) is 1.88. The van der Waals surface area contributed by atoms with Gasteiger partial charge in [-0.1, -0.05) is 11.6 Å². The number of methoxy groups -OCH3 is 2. The molecule has 1 aliphatic rings. The number of hydrogen-bond donors (Lipinski definition) is 1. The van der Waals surface area contributed by atoms with Gasteiger partial charge in [0.2, 0.25) is 0 Å². The van der Waals surface area contributed by atoms with Gasteiger partial charge >= 0.3 is 11.9 Å². The molecule has 142 valence electrons. The fourth-order valence-corrected chi connectivity index (χ4v) is 2.84. The molecule has 1 aliphatic heterocycles. The Labute approximate surface area is 163 Å². The maximum absolute atomic E-state index is 11.7. The molecular weight excluding hydrogens is 398 g/mol. The minimum absolute atomic E-state index is 0.103. The lowest BCUT2D eigenvalue weighted by molar-refractivity contribution is -0.135. The molecule has 0 radical (unpaired) electrons. The quantitative estimate of drug-likeness (QED) is 0.258. The minimum Gasteiger partial charge on any atom is -0.493 e. The van der Waals surface area contributed by atoms with Crippen LogP contribution in [0.2, 0.25) is 5.02 Å². The molecule has 0 aromatic heterocycles. The SMILES string of the molecule is COC(=O)/C=C1/S/C(=N\N=Cc2cc(Cl)c(OC(C)=O)c(OC)c2)NC1=O. The number of carbonyl (C=O) groups excluding carboxylic acids is 3. The molecule has 0 bridgehead atoms.